The molecule has 8 heteroatoms. The van der Waals surface area contributed by atoms with Gasteiger partial charge in [-0.1, -0.05) is 41.4 Å². The van der Waals surface area contributed by atoms with E-state index < -0.39 is 5.97 Å². The number of aliphatic imine (C=N–C) groups is 1. The molecule has 1 heterocycles. The number of carbonyl (C=O) groups is 1. The first-order valence-corrected chi connectivity index (χ1v) is 11.9. The third-order valence-electron chi connectivity index (χ3n) is 4.63. The number of halogens is 3. The van der Waals surface area contributed by atoms with E-state index in [4.69, 9.17) is 37.4 Å². The summed E-state index contributed by atoms with van der Waals surface area (Å²) >= 11 is 14.5. The monoisotopic (exact) mass is 593 g/mol. The predicted octanol–water partition coefficient (Wildman–Crippen LogP) is 6.92. The molecule has 0 unspecified atom stereocenters. The highest BCUT2D eigenvalue weighted by Crippen LogP contribution is 2.31. The molecule has 33 heavy (non-hydrogen) atoms. The molecule has 1 aliphatic rings. The standard InChI is InChI=1S/C25H18Cl2INO4/c1-2-31-23-12-15(6-9-22(23)32-14-16-4-3-5-17(26)10-16)11-21-25(30)33-24(29-21)19-13-18(28)7-8-20(19)27/h3-13H,2,14H2,1H3/b21-11-. The molecule has 0 atom stereocenters. The Morgan fingerprint density at radius 1 is 1.03 bits per heavy atom. The Morgan fingerprint density at radius 2 is 1.88 bits per heavy atom. The number of cyclic esters (lactones) is 1. The van der Waals surface area contributed by atoms with E-state index in [0.717, 1.165) is 14.7 Å². The van der Waals surface area contributed by atoms with Crippen molar-refractivity contribution < 1.29 is 19.0 Å². The van der Waals surface area contributed by atoms with E-state index >= 15 is 0 Å². The molecular weight excluding hydrogens is 576 g/mol. The molecule has 5 nitrogen and oxygen atoms in total. The van der Waals surface area contributed by atoms with Crippen LogP contribution in [0, 0.1) is 3.57 Å². The van der Waals surface area contributed by atoms with Crippen LogP contribution in [0.1, 0.15) is 23.6 Å². The highest BCUT2D eigenvalue weighted by Gasteiger charge is 2.26. The smallest absolute Gasteiger partial charge is 0.363 e. The summed E-state index contributed by atoms with van der Waals surface area (Å²) in [5.41, 5.74) is 2.41. The lowest BCUT2D eigenvalue weighted by atomic mass is 10.1. The highest BCUT2D eigenvalue weighted by atomic mass is 127. The number of hydrogen-bond donors (Lipinski definition) is 0. The fourth-order valence-corrected chi connectivity index (χ4v) is 4.04. The maximum atomic E-state index is 12.4. The maximum Gasteiger partial charge on any atom is 0.363 e. The summed E-state index contributed by atoms with van der Waals surface area (Å²) in [6.45, 7) is 2.70. The lowest BCUT2D eigenvalue weighted by molar-refractivity contribution is -0.129. The Morgan fingerprint density at radius 3 is 2.67 bits per heavy atom. The van der Waals surface area contributed by atoms with Gasteiger partial charge in [0.1, 0.15) is 6.61 Å². The van der Waals surface area contributed by atoms with Gasteiger partial charge in [0.25, 0.3) is 0 Å². The van der Waals surface area contributed by atoms with Crippen LogP contribution in [0.3, 0.4) is 0 Å². The van der Waals surface area contributed by atoms with E-state index in [1.54, 1.807) is 24.3 Å². The molecule has 0 amide bonds. The number of nitrogens with zero attached hydrogens (tertiary/aromatic N) is 1. The van der Waals surface area contributed by atoms with Crippen molar-refractivity contribution in [2.75, 3.05) is 6.61 Å². The van der Waals surface area contributed by atoms with Gasteiger partial charge >= 0.3 is 5.97 Å². The highest BCUT2D eigenvalue weighted by molar-refractivity contribution is 14.1. The second kappa shape index (κ2) is 10.6. The summed E-state index contributed by atoms with van der Waals surface area (Å²) in [4.78, 5) is 16.8. The van der Waals surface area contributed by atoms with Crippen LogP contribution in [0.25, 0.3) is 6.08 Å². The van der Waals surface area contributed by atoms with E-state index in [0.29, 0.717) is 40.3 Å². The lowest BCUT2D eigenvalue weighted by Crippen LogP contribution is -2.06. The SMILES string of the molecule is CCOc1cc(/C=C2\N=C(c3cc(I)ccc3Cl)OC2=O)ccc1OCc1cccc(Cl)c1. The summed E-state index contributed by atoms with van der Waals surface area (Å²) < 4.78 is 18.0. The van der Waals surface area contributed by atoms with Gasteiger partial charge in [0.2, 0.25) is 5.90 Å². The first-order valence-electron chi connectivity index (χ1n) is 10.0. The van der Waals surface area contributed by atoms with Gasteiger partial charge in [-0.2, -0.15) is 0 Å². The molecule has 4 rings (SSSR count). The summed E-state index contributed by atoms with van der Waals surface area (Å²) in [5.74, 6) is 0.786. The molecule has 0 fully saturated rings. The number of benzene rings is 3. The van der Waals surface area contributed by atoms with Gasteiger partial charge in [-0.15, -0.1) is 0 Å². The van der Waals surface area contributed by atoms with Gasteiger partial charge in [0, 0.05) is 8.59 Å². The molecule has 0 saturated carbocycles. The van der Waals surface area contributed by atoms with Gasteiger partial charge in [-0.3, -0.25) is 0 Å². The van der Waals surface area contributed by atoms with Crippen molar-refractivity contribution in [2.24, 2.45) is 4.99 Å². The zero-order valence-corrected chi connectivity index (χ0v) is 21.1. The van der Waals surface area contributed by atoms with Gasteiger partial charge in [0.15, 0.2) is 17.2 Å². The summed E-state index contributed by atoms with van der Waals surface area (Å²) in [7, 11) is 0. The fourth-order valence-electron chi connectivity index (χ4n) is 3.13. The predicted molar refractivity (Wildman–Crippen MR) is 138 cm³/mol. The van der Waals surface area contributed by atoms with E-state index in [1.807, 2.05) is 49.4 Å². The van der Waals surface area contributed by atoms with Crippen molar-refractivity contribution in [3.8, 4) is 11.5 Å². The molecule has 0 aromatic heterocycles. The molecule has 3 aromatic carbocycles. The van der Waals surface area contributed by atoms with Crippen LogP contribution in [-0.2, 0) is 16.1 Å². The zero-order chi connectivity index (χ0) is 23.4. The maximum absolute atomic E-state index is 12.4. The van der Waals surface area contributed by atoms with Gasteiger partial charge in [-0.25, -0.2) is 9.79 Å². The minimum absolute atomic E-state index is 0.176. The van der Waals surface area contributed by atoms with Crippen LogP contribution < -0.4 is 9.47 Å². The number of hydrogen-bond acceptors (Lipinski definition) is 5. The molecule has 3 aromatic rings. The topological polar surface area (TPSA) is 57.1 Å². The van der Waals surface area contributed by atoms with E-state index in [-0.39, 0.29) is 11.6 Å². The minimum Gasteiger partial charge on any atom is -0.490 e. The van der Waals surface area contributed by atoms with Crippen LogP contribution >= 0.6 is 45.8 Å². The van der Waals surface area contributed by atoms with Crippen molar-refractivity contribution in [3.05, 3.63) is 96.7 Å². The Balaban J connectivity index is 1.58. The molecule has 168 valence electrons. The van der Waals surface area contributed by atoms with Crippen molar-refractivity contribution in [1.29, 1.82) is 0 Å². The molecule has 0 radical (unpaired) electrons. The normalized spacial score (nSPS) is 14.2. The first-order chi connectivity index (χ1) is 15.9. The van der Waals surface area contributed by atoms with E-state index in [1.165, 1.54) is 0 Å². The van der Waals surface area contributed by atoms with Crippen LogP contribution in [0.15, 0.2) is 71.4 Å². The molecular formula is C25H18Cl2INO4. The molecule has 1 aliphatic heterocycles. The van der Waals surface area contributed by atoms with Crippen molar-refractivity contribution >= 4 is 63.7 Å². The average Bonchev–Trinajstić information content (AvgIpc) is 3.15. The molecule has 0 N–H and O–H groups in total. The summed E-state index contributed by atoms with van der Waals surface area (Å²) in [5, 5.41) is 1.11. The summed E-state index contributed by atoms with van der Waals surface area (Å²) in [6.07, 6.45) is 1.64. The van der Waals surface area contributed by atoms with Gasteiger partial charge < -0.3 is 14.2 Å². The fraction of sp³-hybridized carbons (Fsp3) is 0.120. The Labute approximate surface area is 215 Å². The summed E-state index contributed by atoms with van der Waals surface area (Å²) in [6, 6.07) is 18.3. The van der Waals surface area contributed by atoms with Gasteiger partial charge in [-0.05, 0) is 89.2 Å². The van der Waals surface area contributed by atoms with Gasteiger partial charge in [0.05, 0.1) is 17.2 Å². The number of esters is 1. The van der Waals surface area contributed by atoms with Crippen molar-refractivity contribution in [1.82, 2.24) is 0 Å². The van der Waals surface area contributed by atoms with Crippen LogP contribution in [-0.4, -0.2) is 18.5 Å². The van der Waals surface area contributed by atoms with Crippen molar-refractivity contribution in [3.63, 3.8) is 0 Å². The molecule has 0 bridgehead atoms. The van der Waals surface area contributed by atoms with Crippen LogP contribution in [0.4, 0.5) is 0 Å². The quantitative estimate of drug-likeness (QED) is 0.169. The lowest BCUT2D eigenvalue weighted by Gasteiger charge is -2.13. The second-order valence-corrected chi connectivity index (χ2v) is 9.11. The molecule has 0 spiro atoms. The Kier molecular flexibility index (Phi) is 7.57. The second-order valence-electron chi connectivity index (χ2n) is 7.02. The molecule has 0 aliphatic carbocycles. The number of rotatable bonds is 7. The number of ether oxygens (including phenoxy) is 3. The van der Waals surface area contributed by atoms with Crippen LogP contribution in [0.2, 0.25) is 10.0 Å². The Hall–Kier alpha value is -2.55. The Bertz CT molecular complexity index is 1270. The largest absolute Gasteiger partial charge is 0.490 e. The third-order valence-corrected chi connectivity index (χ3v) is 5.87. The van der Waals surface area contributed by atoms with Crippen LogP contribution in [0.5, 0.6) is 11.5 Å². The minimum atomic E-state index is -0.542. The molecule has 0 saturated heterocycles. The van der Waals surface area contributed by atoms with E-state index in [2.05, 4.69) is 27.6 Å². The first kappa shape index (κ1) is 23.6. The number of carbonyl (C=O) groups excluding carboxylic acids is 1. The third kappa shape index (κ3) is 5.88. The van der Waals surface area contributed by atoms with Crippen molar-refractivity contribution in [2.45, 2.75) is 13.5 Å². The zero-order valence-electron chi connectivity index (χ0n) is 17.5. The average molecular weight is 594 g/mol. The van der Waals surface area contributed by atoms with E-state index in [9.17, 15) is 4.79 Å².